The molecule has 0 heterocycles. The highest BCUT2D eigenvalue weighted by Crippen LogP contribution is 2.27. The molecule has 1 amide bonds. The van der Waals surface area contributed by atoms with Gasteiger partial charge in [0.25, 0.3) is 0 Å². The number of rotatable bonds is 18. The lowest BCUT2D eigenvalue weighted by molar-refractivity contribution is -0.121. The van der Waals surface area contributed by atoms with Gasteiger partial charge in [-0.1, -0.05) is 80.9 Å². The summed E-state index contributed by atoms with van der Waals surface area (Å²) in [6.07, 6.45) is 5.17. The fourth-order valence-electron chi connectivity index (χ4n) is 3.72. The molecule has 0 saturated carbocycles. The van der Waals surface area contributed by atoms with Gasteiger partial charge < -0.3 is 10.2 Å². The normalized spacial score (nSPS) is 12.1. The molecule has 3 nitrogen and oxygen atoms in total. The molecule has 0 radical (unpaired) electrons. The molecule has 0 unspecified atom stereocenters. The molecule has 5 heteroatoms. The predicted octanol–water partition coefficient (Wildman–Crippen LogP) is 6.63. The van der Waals surface area contributed by atoms with Crippen LogP contribution in [0.4, 0.5) is 0 Å². The van der Waals surface area contributed by atoms with Crippen LogP contribution in [0.15, 0.2) is 60.7 Å². The van der Waals surface area contributed by atoms with E-state index in [1.807, 2.05) is 11.8 Å². The number of hydrogen-bond donors (Lipinski definition) is 1. The van der Waals surface area contributed by atoms with Crippen molar-refractivity contribution in [1.82, 2.24) is 10.2 Å². The number of carbonyl (C=O) groups excluding carboxylic acids is 1. The Kier molecular flexibility index (Phi) is 15.1. The van der Waals surface area contributed by atoms with E-state index in [2.05, 4.69) is 96.5 Å². The highest BCUT2D eigenvalue weighted by atomic mass is 32.2. The smallest absolute Gasteiger partial charge is 0.220 e. The lowest BCUT2D eigenvalue weighted by atomic mass is 10.1. The van der Waals surface area contributed by atoms with E-state index >= 15 is 0 Å². The molecule has 0 aliphatic rings. The highest BCUT2D eigenvalue weighted by Gasteiger charge is 2.11. The van der Waals surface area contributed by atoms with Gasteiger partial charge >= 0.3 is 0 Å². The monoisotopic (exact) mass is 486 g/mol. The number of carbonyl (C=O) groups is 1. The molecule has 0 bridgehead atoms. The summed E-state index contributed by atoms with van der Waals surface area (Å²) in [7, 11) is 0. The number of nitrogens with zero attached hydrogens (tertiary/aromatic N) is 1. The zero-order valence-electron chi connectivity index (χ0n) is 20.5. The molecule has 0 spiro atoms. The van der Waals surface area contributed by atoms with Crippen LogP contribution in [-0.4, -0.2) is 48.0 Å². The van der Waals surface area contributed by atoms with Crippen LogP contribution in [0, 0.1) is 0 Å². The van der Waals surface area contributed by atoms with Gasteiger partial charge in [0.15, 0.2) is 0 Å². The standard InChI is InChI=1S/C28H42N2OS2/c1-3-30(4-2)21-20-29-28(31)18-12-11-17-27(33-24-26-15-9-6-10-16-26)19-22-32-23-25-13-7-5-8-14-25/h5-10,13-16,27H,3-4,11-12,17-24H2,1-2H3,(H,29,31)/t27-/m1/s1. The maximum absolute atomic E-state index is 12.2. The van der Waals surface area contributed by atoms with Crippen molar-refractivity contribution in [1.29, 1.82) is 0 Å². The van der Waals surface area contributed by atoms with Crippen molar-refractivity contribution in [3.05, 3.63) is 71.8 Å². The SMILES string of the molecule is CCN(CC)CCNC(=O)CCCC[C@H](CCSCc1ccccc1)SCc1ccccc1. The molecule has 33 heavy (non-hydrogen) atoms. The quantitative estimate of drug-likeness (QED) is 0.240. The lowest BCUT2D eigenvalue weighted by Gasteiger charge is -2.18. The highest BCUT2D eigenvalue weighted by molar-refractivity contribution is 7.99. The Morgan fingerprint density at radius 3 is 2.15 bits per heavy atom. The summed E-state index contributed by atoms with van der Waals surface area (Å²) >= 11 is 4.12. The number of unbranched alkanes of at least 4 members (excludes halogenated alkanes) is 1. The fourth-order valence-corrected chi connectivity index (χ4v) is 6.13. The number of amides is 1. The van der Waals surface area contributed by atoms with Gasteiger partial charge in [0.1, 0.15) is 0 Å². The van der Waals surface area contributed by atoms with E-state index < -0.39 is 0 Å². The zero-order chi connectivity index (χ0) is 23.6. The maximum atomic E-state index is 12.2. The molecule has 2 rings (SSSR count). The maximum Gasteiger partial charge on any atom is 0.220 e. The summed E-state index contributed by atoms with van der Waals surface area (Å²) in [5, 5.41) is 3.74. The van der Waals surface area contributed by atoms with Gasteiger partial charge in [-0.2, -0.15) is 23.5 Å². The van der Waals surface area contributed by atoms with Gasteiger partial charge in [-0.3, -0.25) is 4.79 Å². The molecule has 1 N–H and O–H groups in total. The molecule has 1 atom stereocenters. The molecule has 0 aliphatic carbocycles. The van der Waals surface area contributed by atoms with Crippen molar-refractivity contribution < 1.29 is 4.79 Å². The fraction of sp³-hybridized carbons (Fsp3) is 0.536. The number of thioether (sulfide) groups is 2. The van der Waals surface area contributed by atoms with E-state index in [0.29, 0.717) is 11.7 Å². The minimum absolute atomic E-state index is 0.203. The Hall–Kier alpha value is -1.43. The third kappa shape index (κ3) is 13.1. The van der Waals surface area contributed by atoms with Crippen molar-refractivity contribution in [2.24, 2.45) is 0 Å². The van der Waals surface area contributed by atoms with Crippen LogP contribution in [0.1, 0.15) is 57.1 Å². The Balaban J connectivity index is 1.67. The summed E-state index contributed by atoms with van der Waals surface area (Å²) in [5.41, 5.74) is 2.81. The van der Waals surface area contributed by atoms with Gasteiger partial charge in [0.2, 0.25) is 5.91 Å². The molecular formula is C28H42N2OS2. The largest absolute Gasteiger partial charge is 0.355 e. The topological polar surface area (TPSA) is 32.3 Å². The van der Waals surface area contributed by atoms with E-state index in [-0.39, 0.29) is 5.91 Å². The Morgan fingerprint density at radius 1 is 0.879 bits per heavy atom. The lowest BCUT2D eigenvalue weighted by Crippen LogP contribution is -2.34. The Labute approximate surface area is 210 Å². The third-order valence-electron chi connectivity index (χ3n) is 5.85. The van der Waals surface area contributed by atoms with Crippen molar-refractivity contribution >= 4 is 29.4 Å². The minimum Gasteiger partial charge on any atom is -0.355 e. The molecule has 2 aromatic carbocycles. The first-order valence-electron chi connectivity index (χ1n) is 12.5. The van der Waals surface area contributed by atoms with Crippen molar-refractivity contribution in [3.8, 4) is 0 Å². The second kappa shape index (κ2) is 18.0. The number of nitrogens with one attached hydrogen (secondary N) is 1. The molecule has 0 saturated heterocycles. The summed E-state index contributed by atoms with van der Waals surface area (Å²) in [6.45, 7) is 8.11. The van der Waals surface area contributed by atoms with Crippen LogP contribution in [-0.2, 0) is 16.3 Å². The second-order valence-corrected chi connectivity index (χ2v) is 10.8. The first kappa shape index (κ1) is 27.8. The van der Waals surface area contributed by atoms with E-state index in [9.17, 15) is 4.79 Å². The first-order chi connectivity index (χ1) is 16.2. The molecule has 0 aromatic heterocycles. The molecule has 2 aromatic rings. The number of likely N-dealkylation sites (N-methyl/N-ethyl adjacent to an activating group) is 1. The average molecular weight is 487 g/mol. The van der Waals surface area contributed by atoms with Crippen molar-refractivity contribution in [3.63, 3.8) is 0 Å². The summed E-state index contributed by atoms with van der Waals surface area (Å²) in [5.74, 6) is 3.55. The van der Waals surface area contributed by atoms with Gasteiger partial charge in [-0.15, -0.1) is 0 Å². The molecule has 0 aliphatic heterocycles. The van der Waals surface area contributed by atoms with Crippen molar-refractivity contribution in [2.45, 2.75) is 62.7 Å². The van der Waals surface area contributed by atoms with Crippen LogP contribution >= 0.6 is 23.5 Å². The summed E-state index contributed by atoms with van der Waals surface area (Å²) < 4.78 is 0. The van der Waals surface area contributed by atoms with Crippen LogP contribution in [0.25, 0.3) is 0 Å². The van der Waals surface area contributed by atoms with E-state index in [0.717, 1.165) is 50.5 Å². The zero-order valence-corrected chi connectivity index (χ0v) is 22.1. The van der Waals surface area contributed by atoms with E-state index in [1.54, 1.807) is 0 Å². The van der Waals surface area contributed by atoms with Crippen LogP contribution < -0.4 is 5.32 Å². The molecule has 182 valence electrons. The van der Waals surface area contributed by atoms with Gasteiger partial charge in [0.05, 0.1) is 0 Å². The average Bonchev–Trinajstić information content (AvgIpc) is 2.86. The van der Waals surface area contributed by atoms with Gasteiger partial charge in [-0.05, 0) is 49.2 Å². The van der Waals surface area contributed by atoms with Crippen molar-refractivity contribution in [2.75, 3.05) is 31.9 Å². The van der Waals surface area contributed by atoms with Crippen LogP contribution in [0.3, 0.4) is 0 Å². The summed E-state index contributed by atoms with van der Waals surface area (Å²) in [6, 6.07) is 21.5. The van der Waals surface area contributed by atoms with Crippen LogP contribution in [0.2, 0.25) is 0 Å². The number of hydrogen-bond acceptors (Lipinski definition) is 4. The first-order valence-corrected chi connectivity index (χ1v) is 14.7. The van der Waals surface area contributed by atoms with Gasteiger partial charge in [0, 0.05) is 36.3 Å². The molecule has 0 fully saturated rings. The second-order valence-electron chi connectivity index (χ2n) is 8.37. The van der Waals surface area contributed by atoms with E-state index in [4.69, 9.17) is 0 Å². The summed E-state index contributed by atoms with van der Waals surface area (Å²) in [4.78, 5) is 14.5. The Bertz CT molecular complexity index is 738. The predicted molar refractivity (Wildman–Crippen MR) is 148 cm³/mol. The minimum atomic E-state index is 0.203. The van der Waals surface area contributed by atoms with Crippen LogP contribution in [0.5, 0.6) is 0 Å². The van der Waals surface area contributed by atoms with E-state index in [1.165, 1.54) is 29.7 Å². The number of benzene rings is 2. The Morgan fingerprint density at radius 2 is 1.52 bits per heavy atom. The van der Waals surface area contributed by atoms with Gasteiger partial charge in [-0.25, -0.2) is 0 Å². The third-order valence-corrected chi connectivity index (χ3v) is 8.35. The molecular weight excluding hydrogens is 444 g/mol.